The number of anilines is 1. The fraction of sp³-hybridized carbons (Fsp3) is 0.545. The quantitative estimate of drug-likeness (QED) is 0.815. The second kappa shape index (κ2) is 5.97. The number of aromatic nitrogens is 2. The molecule has 1 amide bonds. The van der Waals surface area contributed by atoms with Crippen molar-refractivity contribution in [3.05, 3.63) is 17.0 Å². The molecule has 1 aliphatic heterocycles. The van der Waals surface area contributed by atoms with Crippen LogP contribution in [0.2, 0.25) is 5.15 Å². The number of nitrogens with one attached hydrogen (secondary N) is 1. The SMILES string of the molecule is COCc1nc(Cl)cc(N2CCCNC(=O)C2)n1. The molecule has 98 valence electrons. The Hall–Kier alpha value is -1.40. The lowest BCUT2D eigenvalue weighted by Crippen LogP contribution is -2.33. The summed E-state index contributed by atoms with van der Waals surface area (Å²) < 4.78 is 4.99. The lowest BCUT2D eigenvalue weighted by Gasteiger charge is -2.20. The predicted molar refractivity (Wildman–Crippen MR) is 67.6 cm³/mol. The minimum Gasteiger partial charge on any atom is -0.377 e. The van der Waals surface area contributed by atoms with E-state index in [1.807, 2.05) is 4.90 Å². The first-order valence-electron chi connectivity index (χ1n) is 5.73. The Kier molecular flexibility index (Phi) is 4.33. The van der Waals surface area contributed by atoms with Gasteiger partial charge in [-0.3, -0.25) is 4.79 Å². The topological polar surface area (TPSA) is 67.3 Å². The van der Waals surface area contributed by atoms with Crippen LogP contribution in [0.25, 0.3) is 0 Å². The van der Waals surface area contributed by atoms with Gasteiger partial charge in [0.25, 0.3) is 0 Å². The standard InChI is InChI=1S/C11H15ClN4O2/c1-18-7-9-14-8(12)5-10(15-9)16-4-2-3-13-11(17)6-16/h5H,2-4,6-7H2,1H3,(H,13,17). The van der Waals surface area contributed by atoms with Crippen LogP contribution in [0.3, 0.4) is 0 Å². The summed E-state index contributed by atoms with van der Waals surface area (Å²) in [7, 11) is 1.57. The molecule has 7 heteroatoms. The molecule has 1 N–H and O–H groups in total. The third-order valence-electron chi connectivity index (χ3n) is 2.59. The first-order valence-corrected chi connectivity index (χ1v) is 6.11. The molecule has 0 aliphatic carbocycles. The second-order valence-electron chi connectivity index (χ2n) is 4.02. The first-order chi connectivity index (χ1) is 8.69. The van der Waals surface area contributed by atoms with Gasteiger partial charge in [-0.1, -0.05) is 11.6 Å². The van der Waals surface area contributed by atoms with Crippen LogP contribution in [0, 0.1) is 0 Å². The van der Waals surface area contributed by atoms with Crippen molar-refractivity contribution < 1.29 is 9.53 Å². The van der Waals surface area contributed by atoms with E-state index in [0.29, 0.717) is 36.5 Å². The molecule has 2 heterocycles. The highest BCUT2D eigenvalue weighted by Gasteiger charge is 2.17. The highest BCUT2D eigenvalue weighted by molar-refractivity contribution is 6.29. The third kappa shape index (κ3) is 3.30. The Morgan fingerprint density at radius 2 is 2.39 bits per heavy atom. The molecule has 1 fully saturated rings. The lowest BCUT2D eigenvalue weighted by molar-refractivity contribution is -0.119. The van der Waals surface area contributed by atoms with Gasteiger partial charge in [-0.25, -0.2) is 9.97 Å². The number of carbonyl (C=O) groups excluding carboxylic acids is 1. The Morgan fingerprint density at radius 3 is 3.17 bits per heavy atom. The maximum atomic E-state index is 11.5. The van der Waals surface area contributed by atoms with Crippen LogP contribution < -0.4 is 10.2 Å². The van der Waals surface area contributed by atoms with Crippen LogP contribution in [0.5, 0.6) is 0 Å². The summed E-state index contributed by atoms with van der Waals surface area (Å²) in [4.78, 5) is 21.8. The largest absolute Gasteiger partial charge is 0.377 e. The molecule has 1 aromatic rings. The molecule has 0 spiro atoms. The third-order valence-corrected chi connectivity index (χ3v) is 2.78. The van der Waals surface area contributed by atoms with Crippen molar-refractivity contribution in [2.45, 2.75) is 13.0 Å². The number of carbonyl (C=O) groups is 1. The van der Waals surface area contributed by atoms with E-state index in [-0.39, 0.29) is 5.91 Å². The molecule has 1 aromatic heterocycles. The van der Waals surface area contributed by atoms with Gasteiger partial charge in [-0.2, -0.15) is 0 Å². The molecule has 0 atom stereocenters. The Morgan fingerprint density at radius 1 is 1.56 bits per heavy atom. The van der Waals surface area contributed by atoms with Crippen molar-refractivity contribution in [2.75, 3.05) is 31.6 Å². The van der Waals surface area contributed by atoms with Gasteiger partial charge in [-0.15, -0.1) is 0 Å². The maximum Gasteiger partial charge on any atom is 0.239 e. The molecule has 1 saturated heterocycles. The summed E-state index contributed by atoms with van der Waals surface area (Å²) in [5.41, 5.74) is 0. The fourth-order valence-corrected chi connectivity index (χ4v) is 2.00. The number of hydrogen-bond donors (Lipinski definition) is 1. The molecular weight excluding hydrogens is 256 g/mol. The normalized spacial score (nSPS) is 16.3. The summed E-state index contributed by atoms with van der Waals surface area (Å²) >= 11 is 5.95. The van der Waals surface area contributed by atoms with E-state index in [1.165, 1.54) is 0 Å². The first kappa shape index (κ1) is 13.0. The van der Waals surface area contributed by atoms with Crippen molar-refractivity contribution >= 4 is 23.3 Å². The van der Waals surface area contributed by atoms with E-state index in [4.69, 9.17) is 16.3 Å². The number of amides is 1. The van der Waals surface area contributed by atoms with Gasteiger partial charge in [0.1, 0.15) is 17.6 Å². The molecule has 0 aromatic carbocycles. The van der Waals surface area contributed by atoms with Gasteiger partial charge in [0, 0.05) is 26.3 Å². The predicted octanol–water partition coefficient (Wildman–Crippen LogP) is 0.603. The van der Waals surface area contributed by atoms with Gasteiger partial charge >= 0.3 is 0 Å². The summed E-state index contributed by atoms with van der Waals surface area (Å²) in [6.45, 7) is 2.05. The van der Waals surface area contributed by atoms with E-state index in [1.54, 1.807) is 13.2 Å². The van der Waals surface area contributed by atoms with Gasteiger partial charge in [0.15, 0.2) is 5.82 Å². The number of nitrogens with zero attached hydrogens (tertiary/aromatic N) is 3. The minimum absolute atomic E-state index is 0.00414. The average molecular weight is 271 g/mol. The molecule has 18 heavy (non-hydrogen) atoms. The zero-order valence-electron chi connectivity index (χ0n) is 10.1. The summed E-state index contributed by atoms with van der Waals surface area (Å²) in [6, 6.07) is 1.67. The average Bonchev–Trinajstić information content (AvgIpc) is 2.53. The maximum absolute atomic E-state index is 11.5. The van der Waals surface area contributed by atoms with Crippen molar-refractivity contribution in [1.82, 2.24) is 15.3 Å². The molecule has 0 saturated carbocycles. The van der Waals surface area contributed by atoms with Gasteiger partial charge in [-0.05, 0) is 6.42 Å². The highest BCUT2D eigenvalue weighted by Crippen LogP contribution is 2.17. The van der Waals surface area contributed by atoms with Crippen LogP contribution in [0.4, 0.5) is 5.82 Å². The van der Waals surface area contributed by atoms with E-state index < -0.39 is 0 Å². The molecule has 1 aliphatic rings. The smallest absolute Gasteiger partial charge is 0.239 e. The number of hydrogen-bond acceptors (Lipinski definition) is 5. The van der Waals surface area contributed by atoms with E-state index in [2.05, 4.69) is 15.3 Å². The molecule has 6 nitrogen and oxygen atoms in total. The van der Waals surface area contributed by atoms with E-state index in [9.17, 15) is 4.79 Å². The summed E-state index contributed by atoms with van der Waals surface area (Å²) in [5, 5.41) is 3.18. The van der Waals surface area contributed by atoms with E-state index in [0.717, 1.165) is 13.0 Å². The summed E-state index contributed by atoms with van der Waals surface area (Å²) in [5.74, 6) is 1.18. The van der Waals surface area contributed by atoms with Crippen molar-refractivity contribution in [3.63, 3.8) is 0 Å². The van der Waals surface area contributed by atoms with Crippen LogP contribution in [-0.2, 0) is 16.1 Å². The number of methoxy groups -OCH3 is 1. The van der Waals surface area contributed by atoms with Crippen molar-refractivity contribution in [3.8, 4) is 0 Å². The Balaban J connectivity index is 2.22. The zero-order chi connectivity index (χ0) is 13.0. The Bertz CT molecular complexity index is 441. The molecule has 0 unspecified atom stereocenters. The number of ether oxygens (including phenoxy) is 1. The Labute approximate surface area is 110 Å². The lowest BCUT2D eigenvalue weighted by atomic mass is 10.4. The fourth-order valence-electron chi connectivity index (χ4n) is 1.81. The van der Waals surface area contributed by atoms with Crippen LogP contribution >= 0.6 is 11.6 Å². The minimum atomic E-state index is -0.00414. The van der Waals surface area contributed by atoms with Gasteiger partial charge in [0.2, 0.25) is 5.91 Å². The number of rotatable bonds is 3. The van der Waals surface area contributed by atoms with Crippen molar-refractivity contribution in [2.24, 2.45) is 0 Å². The molecule has 0 radical (unpaired) electrons. The monoisotopic (exact) mass is 270 g/mol. The van der Waals surface area contributed by atoms with Gasteiger partial charge in [0.05, 0.1) is 6.54 Å². The zero-order valence-corrected chi connectivity index (χ0v) is 10.9. The molecule has 2 rings (SSSR count). The van der Waals surface area contributed by atoms with Crippen molar-refractivity contribution in [1.29, 1.82) is 0 Å². The second-order valence-corrected chi connectivity index (χ2v) is 4.41. The van der Waals surface area contributed by atoms with Crippen LogP contribution in [0.15, 0.2) is 6.07 Å². The van der Waals surface area contributed by atoms with Gasteiger partial charge < -0.3 is 15.0 Å². The number of halogens is 1. The molecular formula is C11H15ClN4O2. The molecule has 0 bridgehead atoms. The summed E-state index contributed by atoms with van der Waals surface area (Å²) in [6.07, 6.45) is 0.882. The van der Waals surface area contributed by atoms with E-state index >= 15 is 0 Å². The highest BCUT2D eigenvalue weighted by atomic mass is 35.5. The van der Waals surface area contributed by atoms with Crippen LogP contribution in [-0.4, -0.2) is 42.6 Å². The van der Waals surface area contributed by atoms with Crippen LogP contribution in [0.1, 0.15) is 12.2 Å².